The van der Waals surface area contributed by atoms with E-state index in [-0.39, 0.29) is 24.8 Å². The smallest absolute Gasteiger partial charge is 0.245 e. The third-order valence-corrected chi connectivity index (χ3v) is 3.65. The highest BCUT2D eigenvalue weighted by molar-refractivity contribution is 5.89. The fourth-order valence-corrected chi connectivity index (χ4v) is 2.19. The molecule has 134 valence electrons. The number of nitrogens with one attached hydrogen (secondary N) is 1. The van der Waals surface area contributed by atoms with Crippen LogP contribution in [0.25, 0.3) is 0 Å². The molecular weight excluding hydrogens is 298 g/mol. The summed E-state index contributed by atoms with van der Waals surface area (Å²) in [5.74, 6) is -1.06. The van der Waals surface area contributed by atoms with Gasteiger partial charge in [0.25, 0.3) is 0 Å². The number of unbranched alkanes of at least 4 members (excludes halogenated alkanes) is 1. The molecule has 0 saturated carbocycles. The molecule has 0 saturated heterocycles. The molecule has 2 atom stereocenters. The van der Waals surface area contributed by atoms with E-state index in [1.807, 2.05) is 27.7 Å². The van der Waals surface area contributed by atoms with E-state index in [4.69, 9.17) is 0 Å². The highest BCUT2D eigenvalue weighted by Gasteiger charge is 2.35. The number of amides is 3. The molecule has 0 bridgehead atoms. The van der Waals surface area contributed by atoms with Gasteiger partial charge < -0.3 is 10.2 Å². The lowest BCUT2D eigenvalue weighted by molar-refractivity contribution is -0.155. The lowest BCUT2D eigenvalue weighted by Gasteiger charge is -2.33. The van der Waals surface area contributed by atoms with Gasteiger partial charge in [0.2, 0.25) is 18.2 Å². The monoisotopic (exact) mass is 329 g/mol. The van der Waals surface area contributed by atoms with Gasteiger partial charge in [0.1, 0.15) is 6.04 Å². The van der Waals surface area contributed by atoms with E-state index < -0.39 is 17.4 Å². The lowest BCUT2D eigenvalue weighted by atomic mass is 9.85. The second-order valence-electron chi connectivity index (χ2n) is 7.11. The normalized spacial score (nSPS) is 13.9. The number of carbonyl (C=O) groups is 3. The average Bonchev–Trinajstić information content (AvgIpc) is 2.46. The summed E-state index contributed by atoms with van der Waals surface area (Å²) in [4.78, 5) is 36.9. The largest absolute Gasteiger partial charge is 0.347 e. The van der Waals surface area contributed by atoms with Crippen LogP contribution in [0.2, 0.25) is 0 Å². The predicted molar refractivity (Wildman–Crippen MR) is 87.7 cm³/mol. The zero-order valence-electron chi connectivity index (χ0n) is 15.1. The number of carbonyl (C=O) groups excluding carboxylic acids is 3. The van der Waals surface area contributed by atoms with E-state index in [2.05, 4.69) is 5.32 Å². The van der Waals surface area contributed by atoms with Crippen LogP contribution in [0.5, 0.6) is 0 Å². The zero-order valence-corrected chi connectivity index (χ0v) is 15.1. The van der Waals surface area contributed by atoms with Crippen LogP contribution in [0.3, 0.4) is 0 Å². The predicted octanol–water partition coefficient (Wildman–Crippen LogP) is 1.26. The molecule has 0 aliphatic carbocycles. The van der Waals surface area contributed by atoms with E-state index >= 15 is 0 Å². The number of likely N-dealkylation sites (N-methyl/N-ethyl adjacent to an activating group) is 1. The maximum Gasteiger partial charge on any atom is 0.245 e. The van der Waals surface area contributed by atoms with Crippen molar-refractivity contribution in [2.24, 2.45) is 11.3 Å². The molecule has 0 radical (unpaired) electrons. The molecule has 0 fully saturated rings. The van der Waals surface area contributed by atoms with E-state index in [1.165, 1.54) is 4.90 Å². The van der Waals surface area contributed by atoms with Gasteiger partial charge in [0.15, 0.2) is 0 Å². The molecule has 3 amide bonds. The molecule has 0 aliphatic heterocycles. The van der Waals surface area contributed by atoms with Crippen molar-refractivity contribution in [3.63, 3.8) is 0 Å². The second-order valence-corrected chi connectivity index (χ2v) is 7.11. The Morgan fingerprint density at radius 3 is 2.22 bits per heavy atom. The Morgan fingerprint density at radius 1 is 1.26 bits per heavy atom. The number of rotatable bonds is 9. The van der Waals surface area contributed by atoms with Crippen molar-refractivity contribution in [3.05, 3.63) is 0 Å². The highest BCUT2D eigenvalue weighted by Crippen LogP contribution is 2.22. The average molecular weight is 329 g/mol. The molecule has 0 aromatic rings. The van der Waals surface area contributed by atoms with Crippen molar-refractivity contribution >= 4 is 18.2 Å². The maximum atomic E-state index is 12.5. The van der Waals surface area contributed by atoms with Crippen molar-refractivity contribution in [3.8, 4) is 0 Å². The van der Waals surface area contributed by atoms with E-state index in [1.54, 1.807) is 14.1 Å². The van der Waals surface area contributed by atoms with Gasteiger partial charge in [-0.25, -0.2) is 5.06 Å². The Kier molecular flexibility index (Phi) is 8.82. The fraction of sp³-hybridized carbons (Fsp3) is 0.812. The van der Waals surface area contributed by atoms with Crippen molar-refractivity contribution in [2.75, 3.05) is 20.6 Å². The third-order valence-electron chi connectivity index (χ3n) is 3.65. The highest BCUT2D eigenvalue weighted by atomic mass is 16.5. The quantitative estimate of drug-likeness (QED) is 0.378. The Hall–Kier alpha value is -1.63. The van der Waals surface area contributed by atoms with Gasteiger partial charge in [-0.3, -0.25) is 19.6 Å². The van der Waals surface area contributed by atoms with Gasteiger partial charge >= 0.3 is 0 Å². The van der Waals surface area contributed by atoms with Crippen LogP contribution in [0.15, 0.2) is 0 Å². The first-order valence-electron chi connectivity index (χ1n) is 7.96. The summed E-state index contributed by atoms with van der Waals surface area (Å²) in [6.07, 6.45) is 2.51. The minimum atomic E-state index is -0.669. The summed E-state index contributed by atoms with van der Waals surface area (Å²) in [5.41, 5.74) is -0.449. The summed E-state index contributed by atoms with van der Waals surface area (Å²) in [7, 11) is 3.29. The van der Waals surface area contributed by atoms with Gasteiger partial charge in [0.05, 0.1) is 12.5 Å². The van der Waals surface area contributed by atoms with Crippen molar-refractivity contribution < 1.29 is 19.6 Å². The van der Waals surface area contributed by atoms with Crippen LogP contribution in [-0.2, 0) is 14.4 Å². The summed E-state index contributed by atoms with van der Waals surface area (Å²) < 4.78 is 0. The van der Waals surface area contributed by atoms with Gasteiger partial charge in [-0.05, 0) is 11.8 Å². The third kappa shape index (κ3) is 7.45. The number of hydrogen-bond acceptors (Lipinski definition) is 4. The summed E-state index contributed by atoms with van der Waals surface area (Å²) in [6.45, 7) is 7.56. The minimum absolute atomic E-state index is 0.0810. The summed E-state index contributed by atoms with van der Waals surface area (Å²) >= 11 is 0. The molecule has 0 unspecified atom stereocenters. The van der Waals surface area contributed by atoms with Gasteiger partial charge in [-0.1, -0.05) is 40.5 Å². The second kappa shape index (κ2) is 9.50. The Morgan fingerprint density at radius 2 is 1.83 bits per heavy atom. The molecule has 0 spiro atoms. The zero-order chi connectivity index (χ0) is 18.2. The van der Waals surface area contributed by atoms with E-state index in [0.717, 1.165) is 12.8 Å². The molecule has 0 heterocycles. The molecule has 0 aliphatic rings. The van der Waals surface area contributed by atoms with Crippen LogP contribution >= 0.6 is 0 Å². The van der Waals surface area contributed by atoms with Gasteiger partial charge in [-0.15, -0.1) is 0 Å². The molecule has 0 aromatic carbocycles. The van der Waals surface area contributed by atoms with Crippen LogP contribution < -0.4 is 5.32 Å². The molecule has 7 nitrogen and oxygen atoms in total. The van der Waals surface area contributed by atoms with Gasteiger partial charge in [0, 0.05) is 14.1 Å². The Balaban J connectivity index is 5.15. The molecule has 23 heavy (non-hydrogen) atoms. The fourth-order valence-electron chi connectivity index (χ4n) is 2.19. The molecule has 7 heteroatoms. The van der Waals surface area contributed by atoms with Crippen molar-refractivity contribution in [2.45, 2.75) is 53.0 Å². The van der Waals surface area contributed by atoms with E-state index in [9.17, 15) is 19.6 Å². The SMILES string of the molecule is CCCC[C@@H](CN(O)C=O)C(=O)N[C@H](C(=O)N(C)C)C(C)(C)C. The Bertz CT molecular complexity index is 405. The number of nitrogens with zero attached hydrogens (tertiary/aromatic N) is 2. The maximum absolute atomic E-state index is 12.5. The number of hydroxylamine groups is 2. The molecule has 0 rings (SSSR count). The van der Waals surface area contributed by atoms with Crippen LogP contribution in [0.1, 0.15) is 47.0 Å². The van der Waals surface area contributed by atoms with E-state index in [0.29, 0.717) is 11.5 Å². The lowest BCUT2D eigenvalue weighted by Crippen LogP contribution is -2.55. The van der Waals surface area contributed by atoms with Crippen molar-refractivity contribution in [1.29, 1.82) is 0 Å². The molecule has 2 N–H and O–H groups in total. The first-order valence-corrected chi connectivity index (χ1v) is 7.96. The number of hydrogen-bond donors (Lipinski definition) is 2. The van der Waals surface area contributed by atoms with Crippen LogP contribution in [0, 0.1) is 11.3 Å². The standard InChI is InChI=1S/C16H31N3O4/c1-7-8-9-12(10-19(23)11-20)14(21)17-13(16(2,3)4)15(22)18(5)6/h11-13,23H,7-10H2,1-6H3,(H,17,21)/t12-,13+/m0/s1. The molecule has 0 aromatic heterocycles. The van der Waals surface area contributed by atoms with Gasteiger partial charge in [-0.2, -0.15) is 0 Å². The van der Waals surface area contributed by atoms with Crippen LogP contribution in [-0.4, -0.2) is 60.1 Å². The molecular formula is C16H31N3O4. The van der Waals surface area contributed by atoms with Crippen LogP contribution in [0.4, 0.5) is 0 Å². The first kappa shape index (κ1) is 21.4. The summed E-state index contributed by atoms with van der Waals surface area (Å²) in [6, 6.07) is -0.669. The minimum Gasteiger partial charge on any atom is -0.347 e. The van der Waals surface area contributed by atoms with Crippen molar-refractivity contribution in [1.82, 2.24) is 15.3 Å². The topological polar surface area (TPSA) is 90.0 Å². The summed E-state index contributed by atoms with van der Waals surface area (Å²) in [5, 5.41) is 12.6. The first-order chi connectivity index (χ1) is 10.5. The Labute approximate surface area is 139 Å².